The largest absolute Gasteiger partial charge is 0.494 e. The van der Waals surface area contributed by atoms with Crippen LogP contribution in [0.5, 0.6) is 11.5 Å². The van der Waals surface area contributed by atoms with E-state index in [4.69, 9.17) is 9.47 Å². The molecule has 2 aromatic carbocycles. The third-order valence-corrected chi connectivity index (χ3v) is 6.21. The zero-order valence-corrected chi connectivity index (χ0v) is 17.3. The molecule has 0 bridgehead atoms. The first-order chi connectivity index (χ1) is 14.0. The summed E-state index contributed by atoms with van der Waals surface area (Å²) in [5.41, 5.74) is 2.80. The van der Waals surface area contributed by atoms with Gasteiger partial charge in [-0.3, -0.25) is 9.59 Å². The molecule has 0 saturated heterocycles. The Labute approximate surface area is 174 Å². The summed E-state index contributed by atoms with van der Waals surface area (Å²) in [5.74, 6) is 1.31. The molecule has 0 saturated carbocycles. The summed E-state index contributed by atoms with van der Waals surface area (Å²) in [4.78, 5) is 25.8. The van der Waals surface area contributed by atoms with Crippen LogP contribution in [-0.4, -0.2) is 29.8 Å². The van der Waals surface area contributed by atoms with E-state index in [2.05, 4.69) is 10.6 Å². The SMILES string of the molecule is CCOc1cc2c(cc1CNC(=O)C[C@H]1Sc3ccccc3NC1=O)O[C@H](C)C2. The fourth-order valence-corrected chi connectivity index (χ4v) is 4.68. The molecule has 0 spiro atoms. The summed E-state index contributed by atoms with van der Waals surface area (Å²) in [6.07, 6.45) is 1.12. The Morgan fingerprint density at radius 2 is 2.17 bits per heavy atom. The molecular weight excluding hydrogens is 388 g/mol. The van der Waals surface area contributed by atoms with Crippen LogP contribution in [0.25, 0.3) is 0 Å². The van der Waals surface area contributed by atoms with Gasteiger partial charge >= 0.3 is 0 Å². The second-order valence-corrected chi connectivity index (χ2v) is 8.45. The number of amides is 2. The van der Waals surface area contributed by atoms with E-state index in [9.17, 15) is 9.59 Å². The van der Waals surface area contributed by atoms with E-state index in [0.29, 0.717) is 13.2 Å². The maximum Gasteiger partial charge on any atom is 0.238 e. The van der Waals surface area contributed by atoms with Gasteiger partial charge in [0.1, 0.15) is 17.6 Å². The molecule has 2 aromatic rings. The van der Waals surface area contributed by atoms with Gasteiger partial charge in [-0.2, -0.15) is 0 Å². The number of carbonyl (C=O) groups excluding carboxylic acids is 2. The first kappa shape index (κ1) is 19.6. The normalized spacial score (nSPS) is 19.6. The lowest BCUT2D eigenvalue weighted by molar-refractivity contribution is -0.124. The van der Waals surface area contributed by atoms with Crippen molar-refractivity contribution in [3.8, 4) is 11.5 Å². The van der Waals surface area contributed by atoms with Gasteiger partial charge in [-0.05, 0) is 38.1 Å². The van der Waals surface area contributed by atoms with Crippen molar-refractivity contribution in [2.24, 2.45) is 0 Å². The van der Waals surface area contributed by atoms with Crippen LogP contribution in [0, 0.1) is 0 Å². The monoisotopic (exact) mass is 412 g/mol. The molecule has 2 heterocycles. The van der Waals surface area contributed by atoms with E-state index in [-0.39, 0.29) is 24.3 Å². The van der Waals surface area contributed by atoms with E-state index >= 15 is 0 Å². The van der Waals surface area contributed by atoms with Crippen molar-refractivity contribution < 1.29 is 19.1 Å². The Morgan fingerprint density at radius 3 is 3.00 bits per heavy atom. The van der Waals surface area contributed by atoms with Gasteiger partial charge in [0, 0.05) is 35.4 Å². The lowest BCUT2D eigenvalue weighted by atomic mass is 10.1. The summed E-state index contributed by atoms with van der Waals surface area (Å²) in [6, 6.07) is 11.6. The van der Waals surface area contributed by atoms with Crippen LogP contribution < -0.4 is 20.1 Å². The number of fused-ring (bicyclic) bond motifs is 2. The van der Waals surface area contributed by atoms with E-state index in [1.54, 1.807) is 0 Å². The highest BCUT2D eigenvalue weighted by molar-refractivity contribution is 8.01. The molecular formula is C22H24N2O4S. The van der Waals surface area contributed by atoms with Gasteiger partial charge in [0.2, 0.25) is 11.8 Å². The first-order valence-electron chi connectivity index (χ1n) is 9.82. The number of hydrogen-bond acceptors (Lipinski definition) is 5. The summed E-state index contributed by atoms with van der Waals surface area (Å²) < 4.78 is 11.6. The molecule has 0 aliphatic carbocycles. The second-order valence-electron chi connectivity index (χ2n) is 7.21. The number of carbonyl (C=O) groups is 2. The van der Waals surface area contributed by atoms with Gasteiger partial charge in [-0.25, -0.2) is 0 Å². The molecule has 29 heavy (non-hydrogen) atoms. The van der Waals surface area contributed by atoms with Crippen molar-refractivity contribution in [1.29, 1.82) is 0 Å². The minimum atomic E-state index is -0.444. The predicted octanol–water partition coefficient (Wildman–Crippen LogP) is 3.53. The standard InChI is InChI=1S/C22H24N2O4S/c1-3-27-17-9-14-8-13(2)28-18(14)10-15(17)12-23-21(25)11-20-22(26)24-16-6-4-5-7-19(16)29-20/h4-7,9-10,13,20H,3,8,11-12H2,1-2H3,(H,23,25)(H,24,26)/t13-,20-/m1/s1. The third kappa shape index (κ3) is 4.34. The van der Waals surface area contributed by atoms with Gasteiger partial charge in [-0.1, -0.05) is 12.1 Å². The summed E-state index contributed by atoms with van der Waals surface area (Å²) >= 11 is 1.43. The predicted molar refractivity (Wildman–Crippen MR) is 113 cm³/mol. The molecule has 7 heteroatoms. The van der Waals surface area contributed by atoms with E-state index in [0.717, 1.165) is 39.6 Å². The van der Waals surface area contributed by atoms with E-state index in [1.165, 1.54) is 11.8 Å². The topological polar surface area (TPSA) is 76.7 Å². The highest BCUT2D eigenvalue weighted by Gasteiger charge is 2.29. The molecule has 2 aliphatic rings. The highest BCUT2D eigenvalue weighted by Crippen LogP contribution is 2.37. The van der Waals surface area contributed by atoms with Crippen molar-refractivity contribution >= 4 is 29.3 Å². The van der Waals surface area contributed by atoms with Gasteiger partial charge in [-0.15, -0.1) is 11.8 Å². The Kier molecular flexibility index (Phi) is 5.67. The minimum Gasteiger partial charge on any atom is -0.494 e. The molecule has 2 aliphatic heterocycles. The quantitative estimate of drug-likeness (QED) is 0.759. The molecule has 0 fully saturated rings. The molecule has 0 aromatic heterocycles. The number of para-hydroxylation sites is 1. The fourth-order valence-electron chi connectivity index (χ4n) is 3.57. The number of hydrogen-bond donors (Lipinski definition) is 2. The molecule has 2 N–H and O–H groups in total. The van der Waals surface area contributed by atoms with E-state index in [1.807, 2.05) is 50.2 Å². The van der Waals surface area contributed by atoms with Gasteiger partial charge in [0.05, 0.1) is 17.5 Å². The van der Waals surface area contributed by atoms with Crippen molar-refractivity contribution in [3.63, 3.8) is 0 Å². The van der Waals surface area contributed by atoms with Crippen LogP contribution in [0.3, 0.4) is 0 Å². The fraction of sp³-hybridized carbons (Fsp3) is 0.364. The van der Waals surface area contributed by atoms with Crippen molar-refractivity contribution in [2.75, 3.05) is 11.9 Å². The van der Waals surface area contributed by atoms with Crippen LogP contribution in [0.1, 0.15) is 31.4 Å². The molecule has 6 nitrogen and oxygen atoms in total. The van der Waals surface area contributed by atoms with Crippen molar-refractivity contribution in [2.45, 2.75) is 49.5 Å². The van der Waals surface area contributed by atoms with Gasteiger partial charge in [0.25, 0.3) is 0 Å². The number of benzene rings is 2. The Morgan fingerprint density at radius 1 is 1.34 bits per heavy atom. The average Bonchev–Trinajstić information content (AvgIpc) is 3.06. The number of ether oxygens (including phenoxy) is 2. The Bertz CT molecular complexity index is 946. The second kappa shape index (κ2) is 8.37. The minimum absolute atomic E-state index is 0.118. The highest BCUT2D eigenvalue weighted by atomic mass is 32.2. The lowest BCUT2D eigenvalue weighted by Gasteiger charge is -2.23. The number of thioether (sulfide) groups is 1. The van der Waals surface area contributed by atoms with E-state index < -0.39 is 5.25 Å². The zero-order chi connectivity index (χ0) is 20.4. The molecule has 152 valence electrons. The van der Waals surface area contributed by atoms with Gasteiger partial charge in [0.15, 0.2) is 0 Å². The van der Waals surface area contributed by atoms with Crippen LogP contribution in [0.15, 0.2) is 41.3 Å². The van der Waals surface area contributed by atoms with Crippen LogP contribution in [0.2, 0.25) is 0 Å². The molecule has 0 radical (unpaired) electrons. The smallest absolute Gasteiger partial charge is 0.238 e. The first-order valence-corrected chi connectivity index (χ1v) is 10.7. The maximum absolute atomic E-state index is 12.5. The molecule has 2 amide bonds. The average molecular weight is 413 g/mol. The van der Waals surface area contributed by atoms with Crippen LogP contribution in [0.4, 0.5) is 5.69 Å². The Balaban J connectivity index is 1.40. The molecule has 2 atom stereocenters. The molecule has 0 unspecified atom stereocenters. The van der Waals surface area contributed by atoms with Crippen LogP contribution in [-0.2, 0) is 22.6 Å². The summed E-state index contributed by atoms with van der Waals surface area (Å²) in [7, 11) is 0. The van der Waals surface area contributed by atoms with Gasteiger partial charge < -0.3 is 20.1 Å². The number of nitrogens with one attached hydrogen (secondary N) is 2. The van der Waals surface area contributed by atoms with Crippen molar-refractivity contribution in [3.05, 3.63) is 47.5 Å². The lowest BCUT2D eigenvalue weighted by Crippen LogP contribution is -2.34. The number of rotatable bonds is 6. The summed E-state index contributed by atoms with van der Waals surface area (Å²) in [5, 5.41) is 5.35. The van der Waals surface area contributed by atoms with Crippen molar-refractivity contribution in [1.82, 2.24) is 5.32 Å². The Hall–Kier alpha value is -2.67. The maximum atomic E-state index is 12.5. The number of anilines is 1. The zero-order valence-electron chi connectivity index (χ0n) is 16.5. The summed E-state index contributed by atoms with van der Waals surface area (Å²) in [6.45, 7) is 4.85. The van der Waals surface area contributed by atoms with Crippen LogP contribution >= 0.6 is 11.8 Å². The third-order valence-electron chi connectivity index (χ3n) is 4.93. The molecule has 4 rings (SSSR count).